The molecule has 0 radical (unpaired) electrons. The van der Waals surface area contributed by atoms with Crippen LogP contribution in [0, 0.1) is 0 Å². The molecule has 0 saturated carbocycles. The third-order valence-corrected chi connectivity index (χ3v) is 6.65. The highest BCUT2D eigenvalue weighted by Crippen LogP contribution is 2.36. The van der Waals surface area contributed by atoms with Gasteiger partial charge in [0.05, 0.1) is 16.5 Å². The second-order valence-corrected chi connectivity index (χ2v) is 8.49. The number of aromatic nitrogens is 2. The van der Waals surface area contributed by atoms with Gasteiger partial charge in [0, 0.05) is 18.5 Å². The van der Waals surface area contributed by atoms with Crippen LogP contribution < -0.4 is 5.56 Å². The maximum absolute atomic E-state index is 13.6. The van der Waals surface area contributed by atoms with E-state index in [1.807, 2.05) is 36.4 Å². The zero-order chi connectivity index (χ0) is 23.7. The monoisotopic (exact) mass is 453 g/mol. The lowest BCUT2D eigenvalue weighted by Gasteiger charge is -2.39. The fourth-order valence-corrected chi connectivity index (χ4v) is 4.72. The van der Waals surface area contributed by atoms with Crippen molar-refractivity contribution in [2.24, 2.45) is 0 Å². The van der Waals surface area contributed by atoms with E-state index in [0.717, 1.165) is 5.56 Å². The lowest BCUT2D eigenvalue weighted by atomic mass is 9.73. The molecule has 1 aliphatic rings. The van der Waals surface area contributed by atoms with Gasteiger partial charge in [0.2, 0.25) is 0 Å². The van der Waals surface area contributed by atoms with Crippen LogP contribution in [0.25, 0.3) is 16.5 Å². The first kappa shape index (κ1) is 21.6. The summed E-state index contributed by atoms with van der Waals surface area (Å²) in [5.74, 6) is -1.19. The predicted octanol–water partition coefficient (Wildman–Crippen LogP) is 3.64. The third-order valence-electron chi connectivity index (χ3n) is 6.65. The second kappa shape index (κ2) is 8.59. The Morgan fingerprint density at radius 3 is 1.97 bits per heavy atom. The van der Waals surface area contributed by atoms with Crippen LogP contribution in [0.4, 0.5) is 0 Å². The zero-order valence-electron chi connectivity index (χ0n) is 18.4. The van der Waals surface area contributed by atoms with Gasteiger partial charge in [-0.15, -0.1) is 0 Å². The molecule has 0 bridgehead atoms. The van der Waals surface area contributed by atoms with Crippen molar-refractivity contribution >= 4 is 22.6 Å². The molecule has 34 heavy (non-hydrogen) atoms. The van der Waals surface area contributed by atoms with Crippen molar-refractivity contribution in [1.29, 1.82) is 0 Å². The van der Waals surface area contributed by atoms with Crippen molar-refractivity contribution in [2.45, 2.75) is 18.3 Å². The van der Waals surface area contributed by atoms with Crippen LogP contribution >= 0.6 is 0 Å². The van der Waals surface area contributed by atoms with Gasteiger partial charge in [-0.2, -0.15) is 9.78 Å². The average molecular weight is 453 g/mol. The van der Waals surface area contributed by atoms with E-state index in [-0.39, 0.29) is 30.2 Å². The molecule has 1 aromatic heterocycles. The number of carbonyl (C=O) groups is 2. The molecule has 1 aliphatic heterocycles. The topological polar surface area (TPSA) is 92.5 Å². The molecular formula is C27H23N3O4. The molecule has 0 spiro atoms. The van der Waals surface area contributed by atoms with Crippen LogP contribution in [0.1, 0.15) is 28.9 Å². The Balaban J connectivity index is 1.52. The molecule has 1 amide bonds. The first-order valence-electron chi connectivity index (χ1n) is 11.2. The van der Waals surface area contributed by atoms with Crippen LogP contribution in [0.5, 0.6) is 0 Å². The number of benzene rings is 3. The molecule has 0 atom stereocenters. The number of amides is 1. The standard InChI is InChI=1S/C27H23N3O4/c31-24-22-14-8-7-13-21(22)23(28-30(24)20-11-5-2-6-12-20)25(32)29-17-15-27(16-18-29,26(33)34)19-9-3-1-4-10-19/h1-14H,15-18H2,(H,33,34). The van der Waals surface area contributed by atoms with Gasteiger partial charge in [-0.1, -0.05) is 66.7 Å². The summed E-state index contributed by atoms with van der Waals surface area (Å²) in [6, 6.07) is 25.1. The Hall–Kier alpha value is -4.26. The third kappa shape index (κ3) is 3.55. The summed E-state index contributed by atoms with van der Waals surface area (Å²) in [4.78, 5) is 40.7. The first-order chi connectivity index (χ1) is 16.5. The van der Waals surface area contributed by atoms with Crippen molar-refractivity contribution in [1.82, 2.24) is 14.7 Å². The minimum atomic E-state index is -1.03. The number of hydrogen-bond donors (Lipinski definition) is 1. The van der Waals surface area contributed by atoms with Crippen molar-refractivity contribution in [3.8, 4) is 5.69 Å². The van der Waals surface area contributed by atoms with Gasteiger partial charge in [0.15, 0.2) is 5.69 Å². The summed E-state index contributed by atoms with van der Waals surface area (Å²) in [7, 11) is 0. The summed E-state index contributed by atoms with van der Waals surface area (Å²) in [5, 5.41) is 15.4. The smallest absolute Gasteiger partial charge is 0.314 e. The highest BCUT2D eigenvalue weighted by molar-refractivity contribution is 6.05. The van der Waals surface area contributed by atoms with E-state index in [4.69, 9.17) is 0 Å². The predicted molar refractivity (Wildman–Crippen MR) is 128 cm³/mol. The quantitative estimate of drug-likeness (QED) is 0.509. The van der Waals surface area contributed by atoms with Crippen LogP contribution in [0.3, 0.4) is 0 Å². The summed E-state index contributed by atoms with van der Waals surface area (Å²) in [5.41, 5.74) is 0.166. The molecule has 4 aromatic rings. The summed E-state index contributed by atoms with van der Waals surface area (Å²) in [6.45, 7) is 0.557. The molecule has 2 heterocycles. The first-order valence-corrected chi connectivity index (χ1v) is 11.2. The fourth-order valence-electron chi connectivity index (χ4n) is 4.72. The van der Waals surface area contributed by atoms with E-state index < -0.39 is 11.4 Å². The number of carbonyl (C=O) groups excluding carboxylic acids is 1. The van der Waals surface area contributed by atoms with Gasteiger partial charge in [-0.25, -0.2) is 0 Å². The van der Waals surface area contributed by atoms with E-state index in [9.17, 15) is 19.5 Å². The number of aliphatic carboxylic acids is 1. The van der Waals surface area contributed by atoms with Crippen LogP contribution in [-0.4, -0.2) is 44.8 Å². The van der Waals surface area contributed by atoms with Gasteiger partial charge in [0.25, 0.3) is 11.5 Å². The molecular weight excluding hydrogens is 430 g/mol. The lowest BCUT2D eigenvalue weighted by Crippen LogP contribution is -2.49. The molecule has 7 heteroatoms. The maximum atomic E-state index is 13.6. The van der Waals surface area contributed by atoms with Crippen LogP contribution in [0.15, 0.2) is 89.7 Å². The molecule has 5 rings (SSSR count). The highest BCUT2D eigenvalue weighted by atomic mass is 16.4. The van der Waals surface area contributed by atoms with E-state index >= 15 is 0 Å². The second-order valence-electron chi connectivity index (χ2n) is 8.49. The Morgan fingerprint density at radius 1 is 0.794 bits per heavy atom. The number of piperidine rings is 1. The summed E-state index contributed by atoms with van der Waals surface area (Å²) in [6.07, 6.45) is 0.600. The summed E-state index contributed by atoms with van der Waals surface area (Å²) >= 11 is 0. The summed E-state index contributed by atoms with van der Waals surface area (Å²) < 4.78 is 1.25. The Morgan fingerprint density at radius 2 is 1.35 bits per heavy atom. The minimum Gasteiger partial charge on any atom is -0.481 e. The molecule has 0 unspecified atom stereocenters. The molecule has 7 nitrogen and oxygen atoms in total. The van der Waals surface area contributed by atoms with Gasteiger partial charge in [-0.05, 0) is 36.6 Å². The number of hydrogen-bond acceptors (Lipinski definition) is 4. The molecule has 0 aliphatic carbocycles. The van der Waals surface area contributed by atoms with E-state index in [1.165, 1.54) is 4.68 Å². The molecule has 1 saturated heterocycles. The van der Waals surface area contributed by atoms with E-state index in [2.05, 4.69) is 5.10 Å². The Labute approximate surface area is 195 Å². The normalized spacial score (nSPS) is 15.2. The molecule has 1 N–H and O–H groups in total. The highest BCUT2D eigenvalue weighted by Gasteiger charge is 2.44. The number of fused-ring (bicyclic) bond motifs is 1. The molecule has 170 valence electrons. The number of rotatable bonds is 4. The largest absolute Gasteiger partial charge is 0.481 e. The number of carboxylic acids is 1. The Kier molecular flexibility index (Phi) is 5.45. The minimum absolute atomic E-state index is 0.182. The molecule has 3 aromatic carbocycles. The van der Waals surface area contributed by atoms with Crippen LogP contribution in [-0.2, 0) is 10.2 Å². The maximum Gasteiger partial charge on any atom is 0.314 e. The number of nitrogens with zero attached hydrogens (tertiary/aromatic N) is 3. The van der Waals surface area contributed by atoms with E-state index in [0.29, 0.717) is 29.3 Å². The van der Waals surface area contributed by atoms with Crippen molar-refractivity contribution in [3.05, 3.63) is 107 Å². The number of likely N-dealkylation sites (tertiary alicyclic amines) is 1. The Bertz CT molecular complexity index is 1420. The van der Waals surface area contributed by atoms with Crippen molar-refractivity contribution in [3.63, 3.8) is 0 Å². The zero-order valence-corrected chi connectivity index (χ0v) is 18.4. The number of carboxylic acid groups (broad SMARTS) is 1. The fraction of sp³-hybridized carbons (Fsp3) is 0.185. The average Bonchev–Trinajstić information content (AvgIpc) is 2.89. The van der Waals surface area contributed by atoms with Gasteiger partial charge >= 0.3 is 5.97 Å². The van der Waals surface area contributed by atoms with Gasteiger partial charge in [0.1, 0.15) is 0 Å². The number of para-hydroxylation sites is 1. The van der Waals surface area contributed by atoms with Gasteiger partial charge < -0.3 is 10.0 Å². The van der Waals surface area contributed by atoms with E-state index in [1.54, 1.807) is 53.4 Å². The SMILES string of the molecule is O=C(c1nn(-c2ccccc2)c(=O)c2ccccc12)N1CCC(C(=O)O)(c2ccccc2)CC1. The van der Waals surface area contributed by atoms with Crippen molar-refractivity contribution in [2.75, 3.05) is 13.1 Å². The van der Waals surface area contributed by atoms with Crippen LogP contribution in [0.2, 0.25) is 0 Å². The lowest BCUT2D eigenvalue weighted by molar-refractivity contribution is -0.145. The molecule has 1 fully saturated rings. The van der Waals surface area contributed by atoms with Gasteiger partial charge in [-0.3, -0.25) is 14.4 Å². The van der Waals surface area contributed by atoms with Crippen molar-refractivity contribution < 1.29 is 14.7 Å².